The molecule has 0 amide bonds. The van der Waals surface area contributed by atoms with Crippen LogP contribution in [0.15, 0.2) is 46.9 Å². The van der Waals surface area contributed by atoms with Crippen LogP contribution in [0, 0.1) is 11.8 Å². The maximum Gasteiger partial charge on any atom is 0.185 e. The molecule has 0 saturated carbocycles. The average molecular weight is 276 g/mol. The molecule has 0 saturated heterocycles. The number of nitrogens with one attached hydrogen (secondary N) is 1. The van der Waals surface area contributed by atoms with E-state index >= 15 is 0 Å². The molecular weight excluding hydrogens is 260 g/mol. The Kier molecular flexibility index (Phi) is 4.84. The van der Waals surface area contributed by atoms with E-state index in [-0.39, 0.29) is 0 Å². The molecule has 4 nitrogen and oxygen atoms in total. The van der Waals surface area contributed by atoms with Crippen LogP contribution >= 0.6 is 0 Å². The van der Waals surface area contributed by atoms with Crippen molar-refractivity contribution in [3.63, 3.8) is 0 Å². The number of hydrogen-bond donors (Lipinski definition) is 1. The van der Waals surface area contributed by atoms with Gasteiger partial charge in [-0.2, -0.15) is 0 Å². The second-order valence-corrected chi connectivity index (χ2v) is 4.10. The van der Waals surface area contributed by atoms with Crippen LogP contribution in [0.25, 0.3) is 6.08 Å². The summed E-state index contributed by atoms with van der Waals surface area (Å²) in [6, 6.07) is 9.74. The Morgan fingerprint density at radius 1 is 1.24 bits per heavy atom. The van der Waals surface area contributed by atoms with Crippen LogP contribution in [0.5, 0.6) is 0 Å². The van der Waals surface area contributed by atoms with Crippen molar-refractivity contribution < 1.29 is 0 Å². The number of rotatable bonds is 2. The van der Waals surface area contributed by atoms with Crippen molar-refractivity contribution in [3.05, 3.63) is 59.5 Å². The minimum absolute atomic E-state index is 0.532. The topological polar surface area (TPSA) is 53.4 Å². The predicted octanol–water partition coefficient (Wildman–Crippen LogP) is 2.71. The molecule has 21 heavy (non-hydrogen) atoms. The Hall–Kier alpha value is -2.93. The molecule has 104 valence electrons. The number of hydrogen-bond acceptors (Lipinski definition) is 3. The molecule has 0 spiro atoms. The maximum atomic E-state index is 4.41. The molecule has 0 atom stereocenters. The van der Waals surface area contributed by atoms with Crippen LogP contribution in [0.2, 0.25) is 0 Å². The van der Waals surface area contributed by atoms with Crippen LogP contribution in [0.4, 0.5) is 5.69 Å². The summed E-state index contributed by atoms with van der Waals surface area (Å²) in [5.41, 5.74) is 2.89. The third-order valence-electron chi connectivity index (χ3n) is 2.71. The molecule has 1 aromatic heterocycles. The fraction of sp³-hybridized carbons (Fsp3) is 0.118. The number of nitrogens with zero attached hydrogens (tertiary/aromatic N) is 3. The Balaban J connectivity index is 2.53. The standard InChI is InChI=1S/C17H16N4/c1-4-14-16(19-5-2)17(18-3)21-15(20-14)12-11-13-9-7-6-8-10-13/h4-10H,1H2,2-3H3,(H,18,20,21)/b19-5-. The SMILES string of the molecule is C=Cc1nc(C#Cc2ccccc2)[nH]/c(=N\C)c1/N=C\C. The first kappa shape index (κ1) is 14.5. The normalized spacial score (nSPS) is 11.2. The monoisotopic (exact) mass is 276 g/mol. The van der Waals surface area contributed by atoms with Crippen molar-refractivity contribution >= 4 is 18.0 Å². The molecule has 0 fully saturated rings. The van der Waals surface area contributed by atoms with Crippen molar-refractivity contribution in [2.24, 2.45) is 9.98 Å². The lowest BCUT2D eigenvalue weighted by Crippen LogP contribution is -2.13. The second-order valence-electron chi connectivity index (χ2n) is 4.10. The summed E-state index contributed by atoms with van der Waals surface area (Å²) in [6.45, 7) is 5.61. The van der Waals surface area contributed by atoms with Crippen molar-refractivity contribution in [2.45, 2.75) is 6.92 Å². The average Bonchev–Trinajstić information content (AvgIpc) is 2.54. The van der Waals surface area contributed by atoms with Crippen LogP contribution in [0.3, 0.4) is 0 Å². The molecule has 1 aromatic carbocycles. The number of aromatic nitrogens is 2. The number of aromatic amines is 1. The molecule has 2 aromatic rings. The van der Waals surface area contributed by atoms with Gasteiger partial charge in [0.25, 0.3) is 0 Å². The Morgan fingerprint density at radius 2 is 2.00 bits per heavy atom. The van der Waals surface area contributed by atoms with Crippen LogP contribution in [0.1, 0.15) is 24.0 Å². The molecule has 2 rings (SSSR count). The molecule has 0 aliphatic rings. The fourth-order valence-electron chi connectivity index (χ4n) is 1.77. The lowest BCUT2D eigenvalue weighted by atomic mass is 10.2. The molecule has 4 heteroatoms. The van der Waals surface area contributed by atoms with Gasteiger partial charge in [0.15, 0.2) is 11.3 Å². The lowest BCUT2D eigenvalue weighted by molar-refractivity contribution is 1.01. The fourth-order valence-corrected chi connectivity index (χ4v) is 1.77. The summed E-state index contributed by atoms with van der Waals surface area (Å²) in [6.07, 6.45) is 3.35. The predicted molar refractivity (Wildman–Crippen MR) is 86.4 cm³/mol. The van der Waals surface area contributed by atoms with E-state index < -0.39 is 0 Å². The number of H-pyrrole nitrogens is 1. The maximum absolute atomic E-state index is 4.41. The Morgan fingerprint density at radius 3 is 2.62 bits per heavy atom. The van der Waals surface area contributed by atoms with E-state index in [9.17, 15) is 0 Å². The second kappa shape index (κ2) is 7.01. The lowest BCUT2D eigenvalue weighted by Gasteiger charge is -2.02. The molecule has 0 unspecified atom stereocenters. The van der Waals surface area contributed by atoms with E-state index in [0.717, 1.165) is 5.56 Å². The Labute approximate surface area is 124 Å². The van der Waals surface area contributed by atoms with Gasteiger partial charge in [-0.05, 0) is 31.1 Å². The van der Waals surface area contributed by atoms with Crippen LogP contribution in [-0.4, -0.2) is 23.2 Å². The van der Waals surface area contributed by atoms with Gasteiger partial charge in [0.05, 0.1) is 5.69 Å². The summed E-state index contributed by atoms with van der Waals surface area (Å²) in [4.78, 5) is 16.0. The molecule has 0 radical (unpaired) electrons. The van der Waals surface area contributed by atoms with Crippen LogP contribution in [-0.2, 0) is 0 Å². The van der Waals surface area contributed by atoms with Gasteiger partial charge in [-0.3, -0.25) is 9.98 Å². The third kappa shape index (κ3) is 3.54. The highest BCUT2D eigenvalue weighted by Gasteiger charge is 2.04. The third-order valence-corrected chi connectivity index (χ3v) is 2.71. The molecule has 1 N–H and O–H groups in total. The van der Waals surface area contributed by atoms with Gasteiger partial charge >= 0.3 is 0 Å². The van der Waals surface area contributed by atoms with E-state index in [2.05, 4.69) is 38.4 Å². The minimum atomic E-state index is 0.532. The van der Waals surface area contributed by atoms with Gasteiger partial charge in [-0.25, -0.2) is 4.98 Å². The first-order valence-electron chi connectivity index (χ1n) is 6.53. The zero-order valence-electron chi connectivity index (χ0n) is 12.1. The van der Waals surface area contributed by atoms with Gasteiger partial charge in [-0.15, -0.1) is 0 Å². The highest BCUT2D eigenvalue weighted by molar-refractivity contribution is 5.66. The van der Waals surface area contributed by atoms with Gasteiger partial charge in [-0.1, -0.05) is 30.7 Å². The summed E-state index contributed by atoms with van der Waals surface area (Å²) in [7, 11) is 1.70. The largest absolute Gasteiger partial charge is 0.316 e. The summed E-state index contributed by atoms with van der Waals surface area (Å²) >= 11 is 0. The van der Waals surface area contributed by atoms with Gasteiger partial charge in [0.2, 0.25) is 0 Å². The van der Waals surface area contributed by atoms with Crippen molar-refractivity contribution in [3.8, 4) is 11.8 Å². The smallest absolute Gasteiger partial charge is 0.185 e. The van der Waals surface area contributed by atoms with Crippen molar-refractivity contribution in [2.75, 3.05) is 7.05 Å². The van der Waals surface area contributed by atoms with Gasteiger partial charge in [0.1, 0.15) is 5.69 Å². The molecule has 0 aliphatic carbocycles. The first-order valence-corrected chi connectivity index (χ1v) is 6.53. The van der Waals surface area contributed by atoms with Gasteiger partial charge < -0.3 is 4.98 Å². The number of benzene rings is 1. The summed E-state index contributed by atoms with van der Waals surface area (Å²) in [5.74, 6) is 6.59. The minimum Gasteiger partial charge on any atom is -0.316 e. The van der Waals surface area contributed by atoms with E-state index in [0.29, 0.717) is 22.7 Å². The Bertz CT molecular complexity index is 787. The summed E-state index contributed by atoms with van der Waals surface area (Å²) in [5, 5.41) is 0. The van der Waals surface area contributed by atoms with Gasteiger partial charge in [0, 0.05) is 18.8 Å². The molecule has 0 bridgehead atoms. The highest BCUT2D eigenvalue weighted by atomic mass is 15.0. The van der Waals surface area contributed by atoms with E-state index in [4.69, 9.17) is 0 Å². The van der Waals surface area contributed by atoms with E-state index in [1.54, 1.807) is 19.3 Å². The van der Waals surface area contributed by atoms with E-state index in [1.807, 2.05) is 37.3 Å². The number of aliphatic imine (C=N–C) groups is 1. The summed E-state index contributed by atoms with van der Waals surface area (Å²) < 4.78 is 0. The van der Waals surface area contributed by atoms with E-state index in [1.165, 1.54) is 0 Å². The molecule has 1 heterocycles. The zero-order chi connectivity index (χ0) is 15.1. The van der Waals surface area contributed by atoms with Crippen molar-refractivity contribution in [1.82, 2.24) is 9.97 Å². The molecular formula is C17H16N4. The molecule has 0 aliphatic heterocycles. The highest BCUT2D eigenvalue weighted by Crippen LogP contribution is 2.11. The van der Waals surface area contributed by atoms with Crippen LogP contribution < -0.4 is 5.49 Å². The first-order chi connectivity index (χ1) is 10.3. The zero-order valence-corrected chi connectivity index (χ0v) is 12.1. The quantitative estimate of drug-likeness (QED) is 0.665. The van der Waals surface area contributed by atoms with Crippen molar-refractivity contribution in [1.29, 1.82) is 0 Å².